The van der Waals surface area contributed by atoms with Crippen LogP contribution < -0.4 is 5.73 Å². The zero-order chi connectivity index (χ0) is 14.2. The molecule has 0 aromatic rings. The lowest BCUT2D eigenvalue weighted by Crippen LogP contribution is -2.38. The second-order valence-corrected chi connectivity index (χ2v) is 5.96. The minimum absolute atomic E-state index is 0.129. The maximum absolute atomic E-state index is 12.2. The van der Waals surface area contributed by atoms with Crippen LogP contribution in [0.1, 0.15) is 53.4 Å². The van der Waals surface area contributed by atoms with Crippen molar-refractivity contribution in [3.63, 3.8) is 0 Å². The average molecular weight is 258 g/mol. The maximum atomic E-state index is 12.2. The Kier molecular flexibility index (Phi) is 8.20. The summed E-state index contributed by atoms with van der Waals surface area (Å²) in [4.78, 5) is 14.0. The minimum atomic E-state index is 0.129. The summed E-state index contributed by atoms with van der Waals surface area (Å²) in [6, 6.07) is 0.196. The first-order valence-corrected chi connectivity index (χ1v) is 6.94. The number of hydrogen-bond donors (Lipinski definition) is 2. The van der Waals surface area contributed by atoms with E-state index in [0.717, 1.165) is 12.8 Å². The molecule has 0 spiro atoms. The molecule has 0 heterocycles. The Labute approximate surface area is 112 Å². The molecule has 0 aromatic carbocycles. The van der Waals surface area contributed by atoms with Crippen molar-refractivity contribution in [1.29, 1.82) is 0 Å². The van der Waals surface area contributed by atoms with Crippen LogP contribution in [0.4, 0.5) is 0 Å². The molecule has 3 N–H and O–H groups in total. The van der Waals surface area contributed by atoms with Gasteiger partial charge in [-0.05, 0) is 45.1 Å². The van der Waals surface area contributed by atoms with Gasteiger partial charge in [0.25, 0.3) is 0 Å². The van der Waals surface area contributed by atoms with Crippen LogP contribution in [0, 0.1) is 5.41 Å². The van der Waals surface area contributed by atoms with Gasteiger partial charge in [0.15, 0.2) is 0 Å². The van der Waals surface area contributed by atoms with Gasteiger partial charge in [-0.3, -0.25) is 4.79 Å². The van der Waals surface area contributed by atoms with Crippen molar-refractivity contribution in [2.24, 2.45) is 11.1 Å². The van der Waals surface area contributed by atoms with Crippen molar-refractivity contribution in [2.45, 2.75) is 59.4 Å². The van der Waals surface area contributed by atoms with Crippen molar-refractivity contribution >= 4 is 5.91 Å². The topological polar surface area (TPSA) is 66.6 Å². The predicted molar refractivity (Wildman–Crippen MR) is 75.2 cm³/mol. The van der Waals surface area contributed by atoms with Crippen LogP contribution in [-0.2, 0) is 4.79 Å². The molecular formula is C14H30N2O2. The zero-order valence-electron chi connectivity index (χ0n) is 12.4. The first kappa shape index (κ1) is 17.4. The van der Waals surface area contributed by atoms with E-state index in [1.165, 1.54) is 0 Å². The Morgan fingerprint density at radius 1 is 1.33 bits per heavy atom. The van der Waals surface area contributed by atoms with Crippen molar-refractivity contribution in [2.75, 3.05) is 19.7 Å². The van der Waals surface area contributed by atoms with E-state index in [-0.39, 0.29) is 24.0 Å². The van der Waals surface area contributed by atoms with Gasteiger partial charge in [0.2, 0.25) is 5.91 Å². The summed E-state index contributed by atoms with van der Waals surface area (Å²) >= 11 is 0. The Morgan fingerprint density at radius 2 is 1.94 bits per heavy atom. The van der Waals surface area contributed by atoms with Gasteiger partial charge in [-0.15, -0.1) is 0 Å². The van der Waals surface area contributed by atoms with E-state index in [2.05, 4.69) is 13.8 Å². The largest absolute Gasteiger partial charge is 0.396 e. The smallest absolute Gasteiger partial charge is 0.222 e. The van der Waals surface area contributed by atoms with Crippen molar-refractivity contribution in [3.05, 3.63) is 0 Å². The summed E-state index contributed by atoms with van der Waals surface area (Å²) in [6.45, 7) is 9.78. The molecule has 0 aliphatic rings. The highest BCUT2D eigenvalue weighted by Crippen LogP contribution is 2.26. The molecule has 0 aliphatic heterocycles. The number of rotatable bonds is 9. The Balaban J connectivity index is 4.25. The van der Waals surface area contributed by atoms with Crippen molar-refractivity contribution < 1.29 is 9.90 Å². The molecule has 0 unspecified atom stereocenters. The summed E-state index contributed by atoms with van der Waals surface area (Å²) in [5.74, 6) is 0.184. The highest BCUT2D eigenvalue weighted by atomic mass is 16.3. The SMILES string of the molecule is CC(C)N(CCCO)C(=O)CCC(C)(C)CCN. The number of aliphatic hydroxyl groups is 1. The third-order valence-electron chi connectivity index (χ3n) is 3.34. The highest BCUT2D eigenvalue weighted by Gasteiger charge is 2.22. The summed E-state index contributed by atoms with van der Waals surface area (Å²) < 4.78 is 0. The third-order valence-corrected chi connectivity index (χ3v) is 3.34. The van der Waals surface area contributed by atoms with Gasteiger partial charge < -0.3 is 15.7 Å². The van der Waals surface area contributed by atoms with Crippen LogP contribution in [0.3, 0.4) is 0 Å². The molecule has 0 bridgehead atoms. The standard InChI is InChI=1S/C14H30N2O2/c1-12(2)16(10-5-11-17)13(18)6-7-14(3,4)8-9-15/h12,17H,5-11,15H2,1-4H3. The van der Waals surface area contributed by atoms with E-state index in [9.17, 15) is 4.79 Å². The lowest BCUT2D eigenvalue weighted by atomic mass is 9.84. The number of amides is 1. The van der Waals surface area contributed by atoms with Gasteiger partial charge in [-0.1, -0.05) is 13.8 Å². The Bertz CT molecular complexity index is 240. The Morgan fingerprint density at radius 3 is 2.39 bits per heavy atom. The first-order valence-electron chi connectivity index (χ1n) is 6.94. The summed E-state index contributed by atoms with van der Waals surface area (Å²) in [5.41, 5.74) is 5.70. The maximum Gasteiger partial charge on any atom is 0.222 e. The molecule has 4 nitrogen and oxygen atoms in total. The summed E-state index contributed by atoms with van der Waals surface area (Å²) in [5, 5.41) is 8.86. The molecule has 0 radical (unpaired) electrons. The van der Waals surface area contributed by atoms with E-state index in [0.29, 0.717) is 25.9 Å². The first-order chi connectivity index (χ1) is 8.34. The van der Waals surface area contributed by atoms with Gasteiger partial charge in [-0.25, -0.2) is 0 Å². The number of nitrogens with two attached hydrogens (primary N) is 1. The summed E-state index contributed by atoms with van der Waals surface area (Å²) in [7, 11) is 0. The molecule has 0 rings (SSSR count). The van der Waals surface area contributed by atoms with Gasteiger partial charge >= 0.3 is 0 Å². The van der Waals surface area contributed by atoms with Crippen LogP contribution in [0.25, 0.3) is 0 Å². The molecule has 0 saturated carbocycles. The fraction of sp³-hybridized carbons (Fsp3) is 0.929. The van der Waals surface area contributed by atoms with Gasteiger partial charge in [0.05, 0.1) is 0 Å². The van der Waals surface area contributed by atoms with Crippen LogP contribution in [0.5, 0.6) is 0 Å². The lowest BCUT2D eigenvalue weighted by Gasteiger charge is -2.29. The van der Waals surface area contributed by atoms with Gasteiger partial charge in [0, 0.05) is 25.6 Å². The quantitative estimate of drug-likeness (QED) is 0.662. The number of hydrogen-bond acceptors (Lipinski definition) is 3. The highest BCUT2D eigenvalue weighted by molar-refractivity contribution is 5.76. The molecule has 0 atom stereocenters. The molecule has 0 aromatic heterocycles. The van der Waals surface area contributed by atoms with Crippen molar-refractivity contribution in [1.82, 2.24) is 4.90 Å². The molecule has 18 heavy (non-hydrogen) atoms. The van der Waals surface area contributed by atoms with Crippen LogP contribution in [0.2, 0.25) is 0 Å². The van der Waals surface area contributed by atoms with Crippen LogP contribution in [-0.4, -0.2) is 41.7 Å². The predicted octanol–water partition coefficient (Wildman–Crippen LogP) is 1.76. The molecule has 0 saturated heterocycles. The molecule has 0 aliphatic carbocycles. The normalized spacial score (nSPS) is 11.9. The van der Waals surface area contributed by atoms with Crippen LogP contribution >= 0.6 is 0 Å². The van der Waals surface area contributed by atoms with E-state index in [1.54, 1.807) is 0 Å². The number of carbonyl (C=O) groups is 1. The van der Waals surface area contributed by atoms with E-state index in [4.69, 9.17) is 10.8 Å². The second kappa shape index (κ2) is 8.48. The van der Waals surface area contributed by atoms with E-state index >= 15 is 0 Å². The second-order valence-electron chi connectivity index (χ2n) is 5.96. The monoisotopic (exact) mass is 258 g/mol. The molecule has 4 heteroatoms. The van der Waals surface area contributed by atoms with Gasteiger partial charge in [0.1, 0.15) is 0 Å². The number of nitrogens with zero attached hydrogens (tertiary/aromatic N) is 1. The fourth-order valence-electron chi connectivity index (χ4n) is 2.02. The number of aliphatic hydroxyl groups excluding tert-OH is 1. The van der Waals surface area contributed by atoms with Gasteiger partial charge in [-0.2, -0.15) is 0 Å². The third kappa shape index (κ3) is 6.97. The van der Waals surface area contributed by atoms with E-state index < -0.39 is 0 Å². The molecule has 0 fully saturated rings. The molecule has 1 amide bonds. The fourth-order valence-corrected chi connectivity index (χ4v) is 2.02. The van der Waals surface area contributed by atoms with Crippen LogP contribution in [0.15, 0.2) is 0 Å². The zero-order valence-corrected chi connectivity index (χ0v) is 12.4. The van der Waals surface area contributed by atoms with E-state index in [1.807, 2.05) is 18.7 Å². The lowest BCUT2D eigenvalue weighted by molar-refractivity contribution is -0.133. The molecular weight excluding hydrogens is 228 g/mol. The molecule has 108 valence electrons. The van der Waals surface area contributed by atoms with Crippen molar-refractivity contribution in [3.8, 4) is 0 Å². The average Bonchev–Trinajstić information content (AvgIpc) is 2.26. The minimum Gasteiger partial charge on any atom is -0.396 e. The number of carbonyl (C=O) groups excluding carboxylic acids is 1. The Hall–Kier alpha value is -0.610. The summed E-state index contributed by atoms with van der Waals surface area (Å²) in [6.07, 6.45) is 3.02.